The molecule has 1 saturated heterocycles. The second kappa shape index (κ2) is 13.6. The van der Waals surface area contributed by atoms with Gasteiger partial charge < -0.3 is 14.5 Å². The Morgan fingerprint density at radius 3 is 2.23 bits per heavy atom. The molecule has 0 bridgehead atoms. The fourth-order valence-electron chi connectivity index (χ4n) is 4.44. The molecule has 1 fully saturated rings. The topological polar surface area (TPSA) is 58.6 Å². The predicted molar refractivity (Wildman–Crippen MR) is 157 cm³/mol. The first-order chi connectivity index (χ1) is 19.1. The lowest BCUT2D eigenvalue weighted by molar-refractivity contribution is 0.0745. The number of halogens is 1. The van der Waals surface area contributed by atoms with Crippen LogP contribution in [0.3, 0.4) is 0 Å². The zero-order valence-corrected chi connectivity index (χ0v) is 23.3. The fourth-order valence-corrected chi connectivity index (χ4v) is 5.48. The zero-order valence-electron chi connectivity index (χ0n) is 21.7. The van der Waals surface area contributed by atoms with Crippen LogP contribution in [0.15, 0.2) is 96.2 Å². The molecule has 0 spiro atoms. The summed E-state index contributed by atoms with van der Waals surface area (Å²) in [6, 6.07) is 30.1. The van der Waals surface area contributed by atoms with Gasteiger partial charge in [0.1, 0.15) is 11.0 Å². The van der Waals surface area contributed by atoms with Crippen LogP contribution in [0.25, 0.3) is 0 Å². The van der Waals surface area contributed by atoms with Gasteiger partial charge in [-0.15, -0.1) is 0 Å². The van der Waals surface area contributed by atoms with Gasteiger partial charge in [-0.2, -0.15) is 0 Å². The van der Waals surface area contributed by atoms with Gasteiger partial charge in [-0.1, -0.05) is 96.2 Å². The summed E-state index contributed by atoms with van der Waals surface area (Å²) in [6.07, 6.45) is 0.806. The standard InChI is InChI=1S/C31H31ClN4O2S/c32-28-21-29(35-17-19-38-20-18-35)34-31(33-28)39-23-26-11-13-27(14-12-26)30(37)36(22-25-9-5-2-6-10-25)16-15-24-7-3-1-4-8-24/h1-14,21H,15-20,22-23H2. The summed E-state index contributed by atoms with van der Waals surface area (Å²) in [5.41, 5.74) is 4.11. The lowest BCUT2D eigenvalue weighted by atomic mass is 10.1. The number of hydrogen-bond acceptors (Lipinski definition) is 6. The molecule has 0 aliphatic carbocycles. The average molecular weight is 559 g/mol. The largest absolute Gasteiger partial charge is 0.378 e. The lowest BCUT2D eigenvalue weighted by Gasteiger charge is -2.27. The SMILES string of the molecule is O=C(c1ccc(CSc2nc(Cl)cc(N3CCOCC3)n2)cc1)N(CCc1ccccc1)Cc1ccccc1. The summed E-state index contributed by atoms with van der Waals surface area (Å²) < 4.78 is 5.44. The number of ether oxygens (including phenoxy) is 1. The number of aromatic nitrogens is 2. The molecule has 0 unspecified atom stereocenters. The molecule has 0 radical (unpaired) electrons. The first-order valence-electron chi connectivity index (χ1n) is 13.1. The minimum absolute atomic E-state index is 0.0299. The van der Waals surface area contributed by atoms with Crippen molar-refractivity contribution in [3.63, 3.8) is 0 Å². The van der Waals surface area contributed by atoms with Gasteiger partial charge in [-0.3, -0.25) is 4.79 Å². The number of amides is 1. The Labute approximate surface area is 239 Å². The number of carbonyl (C=O) groups is 1. The number of morpholine rings is 1. The average Bonchev–Trinajstić information content (AvgIpc) is 2.99. The molecule has 1 aliphatic rings. The first kappa shape index (κ1) is 27.2. The normalized spacial score (nSPS) is 13.3. The third-order valence-electron chi connectivity index (χ3n) is 6.58. The smallest absolute Gasteiger partial charge is 0.254 e. The molecule has 1 aromatic heterocycles. The van der Waals surface area contributed by atoms with Gasteiger partial charge in [0, 0.05) is 43.6 Å². The number of carbonyl (C=O) groups excluding carboxylic acids is 1. The monoisotopic (exact) mass is 558 g/mol. The Bertz CT molecular complexity index is 1350. The summed E-state index contributed by atoms with van der Waals surface area (Å²) in [4.78, 5) is 26.8. The molecule has 200 valence electrons. The summed E-state index contributed by atoms with van der Waals surface area (Å²) in [6.45, 7) is 4.17. The summed E-state index contributed by atoms with van der Waals surface area (Å²) in [5.74, 6) is 1.54. The molecule has 3 aromatic carbocycles. The van der Waals surface area contributed by atoms with Crippen LogP contribution in [0.2, 0.25) is 5.15 Å². The third kappa shape index (κ3) is 7.82. The highest BCUT2D eigenvalue weighted by atomic mass is 35.5. The fraction of sp³-hybridized carbons (Fsp3) is 0.258. The minimum Gasteiger partial charge on any atom is -0.378 e. The van der Waals surface area contributed by atoms with E-state index in [-0.39, 0.29) is 5.91 Å². The Balaban J connectivity index is 1.24. The van der Waals surface area contributed by atoms with E-state index >= 15 is 0 Å². The number of nitrogens with zero attached hydrogens (tertiary/aromatic N) is 4. The van der Waals surface area contributed by atoms with Crippen molar-refractivity contribution in [1.82, 2.24) is 14.9 Å². The number of benzene rings is 3. The van der Waals surface area contributed by atoms with E-state index in [1.165, 1.54) is 17.3 Å². The van der Waals surface area contributed by atoms with Gasteiger partial charge in [-0.05, 0) is 35.2 Å². The van der Waals surface area contributed by atoms with Crippen LogP contribution in [0.1, 0.15) is 27.0 Å². The highest BCUT2D eigenvalue weighted by Crippen LogP contribution is 2.25. The quantitative estimate of drug-likeness (QED) is 0.132. The van der Waals surface area contributed by atoms with E-state index in [1.807, 2.05) is 65.6 Å². The zero-order chi connectivity index (χ0) is 26.9. The van der Waals surface area contributed by atoms with Crippen molar-refractivity contribution in [1.29, 1.82) is 0 Å². The van der Waals surface area contributed by atoms with Crippen molar-refractivity contribution in [2.75, 3.05) is 37.7 Å². The van der Waals surface area contributed by atoms with Crippen molar-refractivity contribution in [3.05, 3.63) is 118 Å². The van der Waals surface area contributed by atoms with Crippen LogP contribution in [0, 0.1) is 0 Å². The van der Waals surface area contributed by atoms with E-state index in [4.69, 9.17) is 21.3 Å². The van der Waals surface area contributed by atoms with Gasteiger partial charge in [0.2, 0.25) is 0 Å². The Kier molecular flexibility index (Phi) is 9.48. The maximum atomic E-state index is 13.6. The van der Waals surface area contributed by atoms with Gasteiger partial charge in [-0.25, -0.2) is 9.97 Å². The molecule has 1 amide bonds. The molecule has 8 heteroatoms. The number of anilines is 1. The van der Waals surface area contributed by atoms with Crippen molar-refractivity contribution in [2.24, 2.45) is 0 Å². The lowest BCUT2D eigenvalue weighted by Crippen LogP contribution is -2.36. The van der Waals surface area contributed by atoms with Gasteiger partial charge in [0.05, 0.1) is 13.2 Å². The van der Waals surface area contributed by atoms with E-state index in [0.717, 1.165) is 36.5 Å². The first-order valence-corrected chi connectivity index (χ1v) is 14.5. The summed E-state index contributed by atoms with van der Waals surface area (Å²) in [7, 11) is 0. The van der Waals surface area contributed by atoms with Gasteiger partial charge in [0.25, 0.3) is 5.91 Å². The maximum absolute atomic E-state index is 13.6. The Morgan fingerprint density at radius 1 is 0.872 bits per heavy atom. The van der Waals surface area contributed by atoms with E-state index < -0.39 is 0 Å². The van der Waals surface area contributed by atoms with Crippen LogP contribution in [0.4, 0.5) is 5.82 Å². The summed E-state index contributed by atoms with van der Waals surface area (Å²) in [5, 5.41) is 1.07. The maximum Gasteiger partial charge on any atom is 0.254 e. The highest BCUT2D eigenvalue weighted by Gasteiger charge is 2.17. The molecule has 6 nitrogen and oxygen atoms in total. The second-order valence-corrected chi connectivity index (χ2v) is 10.7. The van der Waals surface area contributed by atoms with Crippen molar-refractivity contribution >= 4 is 35.1 Å². The van der Waals surface area contributed by atoms with E-state index in [9.17, 15) is 4.79 Å². The molecule has 2 heterocycles. The van der Waals surface area contributed by atoms with Crippen molar-refractivity contribution in [2.45, 2.75) is 23.9 Å². The van der Waals surface area contributed by atoms with Crippen molar-refractivity contribution in [3.8, 4) is 0 Å². The van der Waals surface area contributed by atoms with Crippen molar-refractivity contribution < 1.29 is 9.53 Å². The van der Waals surface area contributed by atoms with E-state index in [0.29, 0.717) is 47.9 Å². The highest BCUT2D eigenvalue weighted by molar-refractivity contribution is 7.98. The molecular formula is C31H31ClN4O2S. The second-order valence-electron chi connectivity index (χ2n) is 9.36. The van der Waals surface area contributed by atoms with E-state index in [1.54, 1.807) is 6.07 Å². The van der Waals surface area contributed by atoms with Crippen LogP contribution in [0.5, 0.6) is 0 Å². The minimum atomic E-state index is 0.0299. The van der Waals surface area contributed by atoms with E-state index in [2.05, 4.69) is 34.1 Å². The molecule has 5 rings (SSSR count). The van der Waals surface area contributed by atoms with Crippen LogP contribution >= 0.6 is 23.4 Å². The molecule has 0 atom stereocenters. The van der Waals surface area contributed by atoms with Gasteiger partial charge in [0.15, 0.2) is 5.16 Å². The third-order valence-corrected chi connectivity index (χ3v) is 7.69. The predicted octanol–water partition coefficient (Wildman–Crippen LogP) is 6.14. The molecular weight excluding hydrogens is 528 g/mol. The number of hydrogen-bond donors (Lipinski definition) is 0. The number of rotatable bonds is 10. The van der Waals surface area contributed by atoms with Crippen LogP contribution in [-0.2, 0) is 23.5 Å². The van der Waals surface area contributed by atoms with Crippen LogP contribution < -0.4 is 4.90 Å². The molecule has 0 N–H and O–H groups in total. The Morgan fingerprint density at radius 2 is 1.54 bits per heavy atom. The number of thioether (sulfide) groups is 1. The molecule has 4 aromatic rings. The summed E-state index contributed by atoms with van der Waals surface area (Å²) >= 11 is 7.83. The molecule has 39 heavy (non-hydrogen) atoms. The molecule has 1 aliphatic heterocycles. The van der Waals surface area contributed by atoms with Crippen LogP contribution in [-0.4, -0.2) is 53.6 Å². The van der Waals surface area contributed by atoms with Gasteiger partial charge >= 0.3 is 0 Å². The molecule has 0 saturated carbocycles. The Hall–Kier alpha value is -3.39.